The normalized spacial score (nSPS) is 16.3. The Kier molecular flexibility index (Phi) is 6.80. The number of ether oxygens (including phenoxy) is 3. The van der Waals surface area contributed by atoms with Crippen LogP contribution in [0.2, 0.25) is 0 Å². The second-order valence-corrected chi connectivity index (χ2v) is 7.65. The number of carbonyl (C=O) groups is 1. The van der Waals surface area contributed by atoms with Gasteiger partial charge in [0.15, 0.2) is 16.6 Å². The number of halogens is 1. The highest BCUT2D eigenvalue weighted by molar-refractivity contribution is 7.80. The molecule has 0 saturated carbocycles. The monoisotopic (exact) mass is 444 g/mol. The van der Waals surface area contributed by atoms with Gasteiger partial charge in [-0.15, -0.1) is 0 Å². The average Bonchev–Trinajstić information content (AvgIpc) is 2.72. The van der Waals surface area contributed by atoms with Gasteiger partial charge >= 0.3 is 5.97 Å². The predicted octanol–water partition coefficient (Wildman–Crippen LogP) is 4.50. The number of thiocarbonyl (C=S) groups is 1. The summed E-state index contributed by atoms with van der Waals surface area (Å²) in [4.78, 5) is 14.8. The first-order valence-electron chi connectivity index (χ1n) is 9.76. The summed E-state index contributed by atoms with van der Waals surface area (Å²) < 4.78 is 30.1. The Hall–Kier alpha value is -3.13. The van der Waals surface area contributed by atoms with Crippen molar-refractivity contribution in [3.05, 3.63) is 65.1 Å². The van der Waals surface area contributed by atoms with Crippen molar-refractivity contribution in [2.24, 2.45) is 0 Å². The van der Waals surface area contributed by atoms with Crippen LogP contribution in [0, 0.1) is 5.82 Å². The molecule has 1 atom stereocenters. The molecule has 0 aliphatic carbocycles. The fraction of sp³-hybridized carbons (Fsp3) is 0.304. The SMILES string of the molecule is COc1ccc(N2C(=S)N[C@H](c3cccc(F)c3)C(C(=O)OC(C)C)=C2C)cc1OC. The number of hydrogen-bond acceptors (Lipinski definition) is 5. The van der Waals surface area contributed by atoms with Gasteiger partial charge in [-0.05, 0) is 62.8 Å². The molecule has 1 heterocycles. The number of nitrogens with zero attached hydrogens (tertiary/aromatic N) is 1. The van der Waals surface area contributed by atoms with E-state index < -0.39 is 17.8 Å². The molecule has 1 aliphatic heterocycles. The third-order valence-corrected chi connectivity index (χ3v) is 5.16. The van der Waals surface area contributed by atoms with Crippen LogP contribution in [0.1, 0.15) is 32.4 Å². The van der Waals surface area contributed by atoms with E-state index in [9.17, 15) is 9.18 Å². The topological polar surface area (TPSA) is 60.0 Å². The quantitative estimate of drug-likeness (QED) is 0.520. The van der Waals surface area contributed by atoms with Crippen molar-refractivity contribution < 1.29 is 23.4 Å². The van der Waals surface area contributed by atoms with E-state index in [2.05, 4.69) is 5.32 Å². The Morgan fingerprint density at radius 1 is 1.13 bits per heavy atom. The number of carbonyl (C=O) groups excluding carboxylic acids is 1. The highest BCUT2D eigenvalue weighted by atomic mass is 32.1. The summed E-state index contributed by atoms with van der Waals surface area (Å²) in [6.07, 6.45) is -0.315. The van der Waals surface area contributed by atoms with Crippen LogP contribution in [0.5, 0.6) is 11.5 Å². The number of nitrogens with one attached hydrogen (secondary N) is 1. The van der Waals surface area contributed by atoms with Gasteiger partial charge in [0.05, 0.1) is 37.6 Å². The molecule has 1 aliphatic rings. The fourth-order valence-electron chi connectivity index (χ4n) is 3.50. The smallest absolute Gasteiger partial charge is 0.338 e. The highest BCUT2D eigenvalue weighted by Crippen LogP contribution is 2.38. The molecule has 8 heteroatoms. The van der Waals surface area contributed by atoms with Crippen molar-refractivity contribution in [3.8, 4) is 11.5 Å². The van der Waals surface area contributed by atoms with E-state index in [-0.39, 0.29) is 6.10 Å². The standard InChI is InChI=1S/C23H25FN2O4S/c1-13(2)30-22(27)20-14(3)26(17-9-10-18(28-4)19(12-17)29-5)23(31)25-21(20)15-7-6-8-16(24)11-15/h6-13,21H,1-5H3,(H,25,31)/t21-/m1/s1. The molecule has 0 unspecified atom stereocenters. The van der Waals surface area contributed by atoms with Crippen LogP contribution in [-0.2, 0) is 9.53 Å². The molecular formula is C23H25FN2O4S. The highest BCUT2D eigenvalue weighted by Gasteiger charge is 2.36. The van der Waals surface area contributed by atoms with E-state index >= 15 is 0 Å². The zero-order valence-electron chi connectivity index (χ0n) is 18.1. The van der Waals surface area contributed by atoms with Gasteiger partial charge in [0.2, 0.25) is 0 Å². The number of methoxy groups -OCH3 is 2. The van der Waals surface area contributed by atoms with Gasteiger partial charge in [-0.25, -0.2) is 9.18 Å². The number of hydrogen-bond donors (Lipinski definition) is 1. The predicted molar refractivity (Wildman–Crippen MR) is 121 cm³/mol. The lowest BCUT2D eigenvalue weighted by Crippen LogP contribution is -2.48. The van der Waals surface area contributed by atoms with E-state index in [1.807, 2.05) is 6.07 Å². The van der Waals surface area contributed by atoms with Gasteiger partial charge < -0.3 is 19.5 Å². The average molecular weight is 445 g/mol. The minimum atomic E-state index is -0.647. The summed E-state index contributed by atoms with van der Waals surface area (Å²) in [6, 6.07) is 10.8. The van der Waals surface area contributed by atoms with Crippen LogP contribution in [0.15, 0.2) is 53.7 Å². The van der Waals surface area contributed by atoms with Crippen LogP contribution in [0.4, 0.5) is 10.1 Å². The Balaban J connectivity index is 2.15. The summed E-state index contributed by atoms with van der Waals surface area (Å²) in [5.41, 5.74) is 2.18. The van der Waals surface area contributed by atoms with Crippen molar-refractivity contribution in [2.75, 3.05) is 19.1 Å². The molecule has 0 aromatic heterocycles. The molecule has 0 radical (unpaired) electrons. The first-order valence-corrected chi connectivity index (χ1v) is 10.2. The van der Waals surface area contributed by atoms with E-state index in [1.165, 1.54) is 12.1 Å². The maximum Gasteiger partial charge on any atom is 0.338 e. The molecule has 0 fully saturated rings. The fourth-order valence-corrected chi connectivity index (χ4v) is 3.86. The molecule has 0 bridgehead atoms. The third-order valence-electron chi connectivity index (χ3n) is 4.85. The van der Waals surface area contributed by atoms with Gasteiger partial charge in [0, 0.05) is 11.8 Å². The summed E-state index contributed by atoms with van der Waals surface area (Å²) in [7, 11) is 3.10. The molecule has 0 amide bonds. The maximum atomic E-state index is 13.9. The molecule has 2 aromatic rings. The van der Waals surface area contributed by atoms with Crippen LogP contribution >= 0.6 is 12.2 Å². The number of allylic oxidation sites excluding steroid dienone is 1. The lowest BCUT2D eigenvalue weighted by molar-refractivity contribution is -0.143. The van der Waals surface area contributed by atoms with E-state index in [4.69, 9.17) is 26.4 Å². The number of benzene rings is 2. The first-order chi connectivity index (χ1) is 14.8. The van der Waals surface area contributed by atoms with Gasteiger partial charge in [-0.2, -0.15) is 0 Å². The van der Waals surface area contributed by atoms with Crippen molar-refractivity contribution in [2.45, 2.75) is 32.9 Å². The van der Waals surface area contributed by atoms with Crippen LogP contribution < -0.4 is 19.7 Å². The lowest BCUT2D eigenvalue weighted by atomic mass is 9.94. The Morgan fingerprint density at radius 2 is 1.84 bits per heavy atom. The van der Waals surface area contributed by atoms with E-state index in [0.29, 0.717) is 39.1 Å². The molecule has 1 N–H and O–H groups in total. The van der Waals surface area contributed by atoms with Crippen molar-refractivity contribution in [1.82, 2.24) is 5.32 Å². The van der Waals surface area contributed by atoms with Crippen LogP contribution in [0.3, 0.4) is 0 Å². The Bertz CT molecular complexity index is 1040. The largest absolute Gasteiger partial charge is 0.493 e. The van der Waals surface area contributed by atoms with Crippen molar-refractivity contribution in [3.63, 3.8) is 0 Å². The summed E-state index contributed by atoms with van der Waals surface area (Å²) in [5.74, 6) is 0.194. The molecule has 164 valence electrons. The zero-order valence-corrected chi connectivity index (χ0v) is 18.9. The Morgan fingerprint density at radius 3 is 2.45 bits per heavy atom. The molecule has 0 saturated heterocycles. The lowest BCUT2D eigenvalue weighted by Gasteiger charge is -2.37. The molecule has 3 rings (SSSR count). The maximum absolute atomic E-state index is 13.9. The van der Waals surface area contributed by atoms with Gasteiger partial charge in [-0.1, -0.05) is 12.1 Å². The minimum absolute atomic E-state index is 0.315. The van der Waals surface area contributed by atoms with Crippen LogP contribution in [0.25, 0.3) is 0 Å². The first kappa shape index (κ1) is 22.6. The number of esters is 1. The summed E-state index contributed by atoms with van der Waals surface area (Å²) in [5, 5.41) is 3.53. The summed E-state index contributed by atoms with van der Waals surface area (Å²) in [6.45, 7) is 5.34. The minimum Gasteiger partial charge on any atom is -0.493 e. The van der Waals surface area contributed by atoms with Gasteiger partial charge in [0.1, 0.15) is 5.82 Å². The second-order valence-electron chi connectivity index (χ2n) is 7.27. The molecule has 2 aromatic carbocycles. The number of anilines is 1. The van der Waals surface area contributed by atoms with Crippen molar-refractivity contribution in [1.29, 1.82) is 0 Å². The Labute approximate surface area is 186 Å². The summed E-state index contributed by atoms with van der Waals surface area (Å²) >= 11 is 5.63. The molecule has 0 spiro atoms. The van der Waals surface area contributed by atoms with Crippen molar-refractivity contribution >= 4 is 29.0 Å². The zero-order chi connectivity index (χ0) is 22.7. The molecule has 31 heavy (non-hydrogen) atoms. The van der Waals surface area contributed by atoms with E-state index in [0.717, 1.165) is 0 Å². The second kappa shape index (κ2) is 9.34. The number of rotatable bonds is 6. The molecule has 6 nitrogen and oxygen atoms in total. The molecular weight excluding hydrogens is 419 g/mol. The van der Waals surface area contributed by atoms with E-state index in [1.54, 1.807) is 64.2 Å². The third kappa shape index (κ3) is 4.64. The van der Waals surface area contributed by atoms with Gasteiger partial charge in [0.25, 0.3) is 0 Å². The van der Waals surface area contributed by atoms with Gasteiger partial charge in [-0.3, -0.25) is 4.90 Å². The van der Waals surface area contributed by atoms with Crippen LogP contribution in [-0.4, -0.2) is 31.4 Å².